The maximum atomic E-state index is 14.2. The first-order valence-electron chi connectivity index (χ1n) is 13.8. The van der Waals surface area contributed by atoms with Crippen molar-refractivity contribution in [2.75, 3.05) is 17.1 Å². The number of carbonyl (C=O) groups is 2. The molecule has 4 rings (SSSR count). The summed E-state index contributed by atoms with van der Waals surface area (Å²) in [7, 11) is -3.97. The molecule has 1 aliphatic carbocycles. The second-order valence-corrected chi connectivity index (χ2v) is 13.7. The van der Waals surface area contributed by atoms with Crippen LogP contribution in [0.2, 0.25) is 15.1 Å². The van der Waals surface area contributed by atoms with Crippen LogP contribution in [0.1, 0.15) is 43.2 Å². The van der Waals surface area contributed by atoms with Gasteiger partial charge in [-0.15, -0.1) is 0 Å². The average molecular weight is 651 g/mol. The van der Waals surface area contributed by atoms with E-state index in [1.165, 1.54) is 17.0 Å². The lowest BCUT2D eigenvalue weighted by Crippen LogP contribution is -2.55. The van der Waals surface area contributed by atoms with E-state index in [-0.39, 0.29) is 40.6 Å². The Morgan fingerprint density at radius 1 is 0.905 bits per heavy atom. The minimum Gasteiger partial charge on any atom is -0.352 e. The number of halogens is 3. The summed E-state index contributed by atoms with van der Waals surface area (Å²) in [6.45, 7) is -0.544. The van der Waals surface area contributed by atoms with E-state index in [0.717, 1.165) is 48.2 Å². The van der Waals surface area contributed by atoms with Gasteiger partial charge in [0.2, 0.25) is 21.8 Å². The van der Waals surface area contributed by atoms with Gasteiger partial charge in [0.1, 0.15) is 12.6 Å². The molecule has 0 radical (unpaired) electrons. The Hall–Kier alpha value is -2.78. The Balaban J connectivity index is 1.74. The van der Waals surface area contributed by atoms with Gasteiger partial charge < -0.3 is 10.2 Å². The van der Waals surface area contributed by atoms with Gasteiger partial charge in [-0.25, -0.2) is 8.42 Å². The molecular formula is C31H34Cl3N3O4S. The highest BCUT2D eigenvalue weighted by Crippen LogP contribution is 2.34. The van der Waals surface area contributed by atoms with Crippen molar-refractivity contribution in [3.63, 3.8) is 0 Å². The normalized spacial score (nSPS) is 14.7. The molecule has 0 aromatic heterocycles. The highest BCUT2D eigenvalue weighted by atomic mass is 35.5. The van der Waals surface area contributed by atoms with Gasteiger partial charge in [-0.1, -0.05) is 103 Å². The van der Waals surface area contributed by atoms with Crippen LogP contribution in [0.5, 0.6) is 0 Å². The van der Waals surface area contributed by atoms with Crippen LogP contribution < -0.4 is 9.62 Å². The third kappa shape index (κ3) is 8.63. The van der Waals surface area contributed by atoms with Crippen LogP contribution in [0.3, 0.4) is 0 Å². The largest absolute Gasteiger partial charge is 0.352 e. The summed E-state index contributed by atoms with van der Waals surface area (Å²) in [5, 5.41) is 3.82. The number of nitrogens with one attached hydrogen (secondary N) is 1. The summed E-state index contributed by atoms with van der Waals surface area (Å²) in [6.07, 6.45) is 6.18. The number of rotatable bonds is 11. The van der Waals surface area contributed by atoms with Crippen LogP contribution in [-0.2, 0) is 32.6 Å². The second kappa shape index (κ2) is 14.6. The van der Waals surface area contributed by atoms with Crippen molar-refractivity contribution in [1.29, 1.82) is 0 Å². The van der Waals surface area contributed by atoms with E-state index in [0.29, 0.717) is 10.6 Å². The minimum atomic E-state index is -3.97. The van der Waals surface area contributed by atoms with Crippen LogP contribution in [0.25, 0.3) is 0 Å². The van der Waals surface area contributed by atoms with E-state index in [9.17, 15) is 18.0 Å². The fourth-order valence-corrected chi connectivity index (χ4v) is 6.73. The van der Waals surface area contributed by atoms with Gasteiger partial charge in [0.15, 0.2) is 0 Å². The maximum absolute atomic E-state index is 14.2. The highest BCUT2D eigenvalue weighted by molar-refractivity contribution is 7.92. The van der Waals surface area contributed by atoms with E-state index >= 15 is 0 Å². The summed E-state index contributed by atoms with van der Waals surface area (Å²) in [5.74, 6) is -0.857. The first-order valence-corrected chi connectivity index (χ1v) is 16.8. The van der Waals surface area contributed by atoms with Gasteiger partial charge in [0.05, 0.1) is 22.0 Å². The number of benzene rings is 3. The van der Waals surface area contributed by atoms with Crippen molar-refractivity contribution >= 4 is 62.3 Å². The molecule has 1 atom stereocenters. The zero-order chi connectivity index (χ0) is 30.3. The van der Waals surface area contributed by atoms with Crippen molar-refractivity contribution in [3.8, 4) is 0 Å². The lowest BCUT2D eigenvalue weighted by molar-refractivity contribution is -0.140. The molecule has 3 aromatic carbocycles. The zero-order valence-electron chi connectivity index (χ0n) is 23.3. The summed E-state index contributed by atoms with van der Waals surface area (Å²) in [6, 6.07) is 20.1. The molecule has 1 fully saturated rings. The van der Waals surface area contributed by atoms with Gasteiger partial charge in [-0.2, -0.15) is 0 Å². The van der Waals surface area contributed by atoms with Crippen LogP contribution in [0.15, 0.2) is 72.8 Å². The lowest BCUT2D eigenvalue weighted by Gasteiger charge is -2.35. The fraction of sp³-hybridized carbons (Fsp3) is 0.355. The Bertz CT molecular complexity index is 1500. The Kier molecular flexibility index (Phi) is 11.2. The molecule has 11 heteroatoms. The second-order valence-electron chi connectivity index (χ2n) is 10.5. The van der Waals surface area contributed by atoms with Crippen molar-refractivity contribution in [1.82, 2.24) is 10.2 Å². The smallest absolute Gasteiger partial charge is 0.244 e. The molecule has 42 heavy (non-hydrogen) atoms. The molecule has 1 saturated carbocycles. The predicted molar refractivity (Wildman–Crippen MR) is 170 cm³/mol. The predicted octanol–water partition coefficient (Wildman–Crippen LogP) is 6.50. The van der Waals surface area contributed by atoms with Gasteiger partial charge in [0.25, 0.3) is 0 Å². The average Bonchev–Trinajstić information content (AvgIpc) is 2.95. The fourth-order valence-electron chi connectivity index (χ4n) is 5.21. The topological polar surface area (TPSA) is 86.8 Å². The molecule has 2 amide bonds. The zero-order valence-corrected chi connectivity index (χ0v) is 26.4. The van der Waals surface area contributed by atoms with E-state index < -0.39 is 28.5 Å². The summed E-state index contributed by atoms with van der Waals surface area (Å²) in [5.41, 5.74) is 1.64. The van der Waals surface area contributed by atoms with Crippen LogP contribution in [0.4, 0.5) is 5.69 Å². The Morgan fingerprint density at radius 2 is 1.57 bits per heavy atom. The summed E-state index contributed by atoms with van der Waals surface area (Å²) >= 11 is 18.8. The van der Waals surface area contributed by atoms with Gasteiger partial charge >= 0.3 is 0 Å². The molecule has 3 aromatic rings. The van der Waals surface area contributed by atoms with Crippen LogP contribution >= 0.6 is 34.8 Å². The summed E-state index contributed by atoms with van der Waals surface area (Å²) in [4.78, 5) is 29.6. The standard InChI is InChI=1S/C31H34Cl3N3O4S/c1-42(40,41)37(27-17-9-16-26(33)30(27)34)21-29(38)36(20-23-12-8-13-24(32)18-23)28(19-22-10-4-2-5-11-22)31(39)35-25-14-6-3-7-15-25/h2,4-5,8-13,16-18,25,28H,3,6-7,14-15,19-21H2,1H3,(H,35,39)/t28-/m1/s1. The van der Waals surface area contributed by atoms with Crippen LogP contribution in [-0.4, -0.2) is 50.0 Å². The molecule has 0 spiro atoms. The molecule has 0 aliphatic heterocycles. The van der Waals surface area contributed by atoms with Crippen LogP contribution in [0, 0.1) is 0 Å². The molecule has 0 heterocycles. The number of hydrogen-bond acceptors (Lipinski definition) is 4. The minimum absolute atomic E-state index is 0.00894. The number of nitrogens with zero attached hydrogens (tertiary/aromatic N) is 2. The number of hydrogen-bond donors (Lipinski definition) is 1. The molecule has 7 nitrogen and oxygen atoms in total. The monoisotopic (exact) mass is 649 g/mol. The first kappa shape index (κ1) is 32.1. The van der Waals surface area contributed by atoms with E-state index in [1.807, 2.05) is 36.4 Å². The lowest BCUT2D eigenvalue weighted by atomic mass is 9.94. The number of carbonyl (C=O) groups excluding carboxylic acids is 2. The molecule has 1 N–H and O–H groups in total. The van der Waals surface area contributed by atoms with Crippen molar-refractivity contribution in [2.45, 2.75) is 57.2 Å². The molecule has 0 unspecified atom stereocenters. The SMILES string of the molecule is CS(=O)(=O)N(CC(=O)N(Cc1cccc(Cl)c1)[C@H](Cc1ccccc1)C(=O)NC1CCCCC1)c1cccc(Cl)c1Cl. The summed E-state index contributed by atoms with van der Waals surface area (Å²) < 4.78 is 26.9. The maximum Gasteiger partial charge on any atom is 0.244 e. The quantitative estimate of drug-likeness (QED) is 0.257. The van der Waals surface area contributed by atoms with E-state index in [4.69, 9.17) is 34.8 Å². The Labute approximate surface area is 262 Å². The van der Waals surface area contributed by atoms with Gasteiger partial charge in [-0.05, 0) is 48.2 Å². The molecule has 224 valence electrons. The van der Waals surface area contributed by atoms with Crippen molar-refractivity contribution < 1.29 is 18.0 Å². The van der Waals surface area contributed by atoms with Gasteiger partial charge in [0, 0.05) is 24.0 Å². The van der Waals surface area contributed by atoms with Gasteiger partial charge in [-0.3, -0.25) is 13.9 Å². The van der Waals surface area contributed by atoms with Crippen molar-refractivity contribution in [2.24, 2.45) is 0 Å². The number of amides is 2. The molecule has 1 aliphatic rings. The number of anilines is 1. The van der Waals surface area contributed by atoms with E-state index in [2.05, 4.69) is 5.32 Å². The third-order valence-electron chi connectivity index (χ3n) is 7.34. The third-order valence-corrected chi connectivity index (χ3v) is 9.51. The Morgan fingerprint density at radius 3 is 2.24 bits per heavy atom. The highest BCUT2D eigenvalue weighted by Gasteiger charge is 2.34. The molecule has 0 saturated heterocycles. The molecular weight excluding hydrogens is 617 g/mol. The number of sulfonamides is 1. The molecule has 0 bridgehead atoms. The van der Waals surface area contributed by atoms with Crippen molar-refractivity contribution in [3.05, 3.63) is 99.0 Å². The first-order chi connectivity index (χ1) is 20.0. The van der Waals surface area contributed by atoms with E-state index in [1.54, 1.807) is 24.3 Å².